The fourth-order valence-corrected chi connectivity index (χ4v) is 7.67. The third-order valence-corrected chi connectivity index (χ3v) is 8.99. The number of hydrogen-bond acceptors (Lipinski definition) is 3. The highest BCUT2D eigenvalue weighted by Gasteiger charge is 2.64. The number of aliphatic hydroxyl groups excluding tert-OH is 2. The largest absolute Gasteiger partial charge is 0.390 e. The van der Waals surface area contributed by atoms with Gasteiger partial charge in [-0.3, -0.25) is 0 Å². The SMILES string of the molecule is C/C(F)=C1/CCC2C3C(CC[C@]12C)[C@@]1(C)CC[C@@H](N)CC1[C@@H](O)[C@@H]3O. The predicted molar refractivity (Wildman–Crippen MR) is 96.3 cm³/mol. The van der Waals surface area contributed by atoms with Crippen LogP contribution in [0.3, 0.4) is 0 Å². The summed E-state index contributed by atoms with van der Waals surface area (Å²) in [6.07, 6.45) is 5.26. The summed E-state index contributed by atoms with van der Waals surface area (Å²) in [6, 6.07) is 0.139. The van der Waals surface area contributed by atoms with Crippen LogP contribution in [0.25, 0.3) is 0 Å². The van der Waals surface area contributed by atoms with E-state index in [1.165, 1.54) is 0 Å². The van der Waals surface area contributed by atoms with Crippen LogP contribution in [0, 0.1) is 34.5 Å². The molecule has 4 unspecified atom stereocenters. The van der Waals surface area contributed by atoms with Gasteiger partial charge in [-0.1, -0.05) is 13.8 Å². The maximum Gasteiger partial charge on any atom is 0.0966 e. The van der Waals surface area contributed by atoms with E-state index in [1.807, 2.05) is 0 Å². The van der Waals surface area contributed by atoms with Gasteiger partial charge in [0.15, 0.2) is 0 Å². The van der Waals surface area contributed by atoms with Gasteiger partial charge in [-0.2, -0.15) is 0 Å². The molecule has 9 atom stereocenters. The highest BCUT2D eigenvalue weighted by atomic mass is 19.1. The lowest BCUT2D eigenvalue weighted by atomic mass is 9.43. The van der Waals surface area contributed by atoms with Crippen LogP contribution in [0.1, 0.15) is 65.7 Å². The Hall–Kier alpha value is -0.450. The first-order valence-electron chi connectivity index (χ1n) is 10.2. The summed E-state index contributed by atoms with van der Waals surface area (Å²) in [7, 11) is 0. The third-order valence-electron chi connectivity index (χ3n) is 8.99. The molecule has 0 aliphatic heterocycles. The van der Waals surface area contributed by atoms with Crippen molar-refractivity contribution in [3.05, 3.63) is 11.4 Å². The molecule has 0 aromatic carbocycles. The van der Waals surface area contributed by atoms with E-state index in [0.717, 1.165) is 50.5 Å². The lowest BCUT2D eigenvalue weighted by Gasteiger charge is -2.63. The van der Waals surface area contributed by atoms with Gasteiger partial charge in [0.05, 0.1) is 18.0 Å². The van der Waals surface area contributed by atoms with Crippen molar-refractivity contribution in [3.8, 4) is 0 Å². The molecule has 4 aliphatic rings. The van der Waals surface area contributed by atoms with Gasteiger partial charge in [-0.15, -0.1) is 0 Å². The lowest BCUT2D eigenvalue weighted by molar-refractivity contribution is -0.210. The third kappa shape index (κ3) is 2.33. The van der Waals surface area contributed by atoms with Crippen LogP contribution in [-0.4, -0.2) is 28.5 Å². The maximum atomic E-state index is 14.2. The first-order chi connectivity index (χ1) is 11.7. The molecule has 0 saturated heterocycles. The summed E-state index contributed by atoms with van der Waals surface area (Å²) in [5.41, 5.74) is 7.07. The number of nitrogens with two attached hydrogens (primary N) is 1. The Kier molecular flexibility index (Phi) is 4.14. The van der Waals surface area contributed by atoms with Gasteiger partial charge in [-0.05, 0) is 91.9 Å². The number of fused-ring (bicyclic) bond motifs is 5. The van der Waals surface area contributed by atoms with E-state index in [0.29, 0.717) is 5.92 Å². The van der Waals surface area contributed by atoms with Crippen molar-refractivity contribution in [1.82, 2.24) is 0 Å². The van der Waals surface area contributed by atoms with E-state index in [9.17, 15) is 14.6 Å². The molecule has 4 N–H and O–H groups in total. The Balaban J connectivity index is 1.73. The fraction of sp³-hybridized carbons (Fsp3) is 0.905. The zero-order valence-corrected chi connectivity index (χ0v) is 15.8. The molecule has 0 aromatic heterocycles. The van der Waals surface area contributed by atoms with Crippen LogP contribution in [0.5, 0.6) is 0 Å². The van der Waals surface area contributed by atoms with E-state index in [1.54, 1.807) is 6.92 Å². The van der Waals surface area contributed by atoms with E-state index < -0.39 is 12.2 Å². The summed E-state index contributed by atoms with van der Waals surface area (Å²) < 4.78 is 14.2. The molecule has 3 nitrogen and oxygen atoms in total. The monoisotopic (exact) mass is 351 g/mol. The normalized spacial score (nSPS) is 57.5. The van der Waals surface area contributed by atoms with Gasteiger partial charge in [0.2, 0.25) is 0 Å². The first-order valence-corrected chi connectivity index (χ1v) is 10.2. The molecular weight excluding hydrogens is 317 g/mol. The van der Waals surface area contributed by atoms with Gasteiger partial charge in [0.1, 0.15) is 0 Å². The quantitative estimate of drug-likeness (QED) is 0.625. The van der Waals surface area contributed by atoms with Gasteiger partial charge in [0, 0.05) is 6.04 Å². The number of allylic oxidation sites excluding steroid dienone is 2. The molecule has 4 aliphatic carbocycles. The number of hydrogen-bond donors (Lipinski definition) is 3. The Bertz CT molecular complexity index is 588. The Morgan fingerprint density at radius 3 is 2.44 bits per heavy atom. The molecule has 4 saturated carbocycles. The van der Waals surface area contributed by atoms with E-state index >= 15 is 0 Å². The van der Waals surface area contributed by atoms with E-state index in [2.05, 4.69) is 13.8 Å². The Morgan fingerprint density at radius 1 is 1.04 bits per heavy atom. The van der Waals surface area contributed by atoms with Crippen LogP contribution in [0.4, 0.5) is 4.39 Å². The molecule has 4 fully saturated rings. The topological polar surface area (TPSA) is 66.5 Å². The molecule has 0 heterocycles. The molecule has 0 aromatic rings. The summed E-state index contributed by atoms with van der Waals surface area (Å²) in [6.45, 7) is 6.11. The van der Waals surface area contributed by atoms with Crippen LogP contribution < -0.4 is 5.73 Å². The zero-order chi connectivity index (χ0) is 18.1. The van der Waals surface area contributed by atoms with Crippen LogP contribution in [0.2, 0.25) is 0 Å². The minimum absolute atomic E-state index is 0.0259. The highest BCUT2D eigenvalue weighted by molar-refractivity contribution is 5.27. The Labute approximate surface area is 150 Å². The Morgan fingerprint density at radius 2 is 1.76 bits per heavy atom. The number of aliphatic hydroxyl groups is 2. The molecule has 142 valence electrons. The van der Waals surface area contributed by atoms with Crippen molar-refractivity contribution >= 4 is 0 Å². The van der Waals surface area contributed by atoms with Crippen molar-refractivity contribution in [2.24, 2.45) is 40.2 Å². The van der Waals surface area contributed by atoms with Crippen molar-refractivity contribution in [3.63, 3.8) is 0 Å². The van der Waals surface area contributed by atoms with Gasteiger partial charge < -0.3 is 15.9 Å². The highest BCUT2D eigenvalue weighted by Crippen LogP contribution is 2.67. The van der Waals surface area contributed by atoms with Crippen LogP contribution >= 0.6 is 0 Å². The first kappa shape index (κ1) is 17.9. The van der Waals surface area contributed by atoms with Crippen molar-refractivity contribution in [2.45, 2.75) is 84.0 Å². The molecule has 0 radical (unpaired) electrons. The predicted octanol–water partition coefficient (Wildman–Crippen LogP) is 3.54. The van der Waals surface area contributed by atoms with Crippen molar-refractivity contribution in [2.75, 3.05) is 0 Å². The second kappa shape index (κ2) is 5.77. The van der Waals surface area contributed by atoms with Crippen molar-refractivity contribution < 1.29 is 14.6 Å². The number of rotatable bonds is 0. The summed E-state index contributed by atoms with van der Waals surface area (Å²) >= 11 is 0. The molecule has 4 heteroatoms. The van der Waals surface area contributed by atoms with Gasteiger partial charge >= 0.3 is 0 Å². The summed E-state index contributed by atoms with van der Waals surface area (Å²) in [5.74, 6) is 0.852. The van der Waals surface area contributed by atoms with E-state index in [4.69, 9.17) is 5.73 Å². The van der Waals surface area contributed by atoms with Gasteiger partial charge in [-0.25, -0.2) is 4.39 Å². The minimum Gasteiger partial charge on any atom is -0.390 e. The summed E-state index contributed by atoms with van der Waals surface area (Å²) in [4.78, 5) is 0. The standard InChI is InChI=1S/C21H34FNO2/c1-11(22)13-4-5-14-17-15(7-9-20(13,14)2)21(3)8-6-12(23)10-16(21)18(24)19(17)25/h12,14-19,24-25H,4-10,23H2,1-3H3/b13-11+/t12-,14?,15?,16?,17?,18-,19-,20-,21-/m1/s1. The second-order valence-corrected chi connectivity index (χ2v) is 9.93. The molecule has 25 heavy (non-hydrogen) atoms. The van der Waals surface area contributed by atoms with Crippen LogP contribution in [0.15, 0.2) is 11.4 Å². The smallest absolute Gasteiger partial charge is 0.0966 e. The average Bonchev–Trinajstić information content (AvgIpc) is 2.91. The minimum atomic E-state index is -0.697. The van der Waals surface area contributed by atoms with Gasteiger partial charge in [0.25, 0.3) is 0 Å². The zero-order valence-electron chi connectivity index (χ0n) is 15.8. The molecule has 4 rings (SSSR count). The van der Waals surface area contributed by atoms with Crippen molar-refractivity contribution in [1.29, 1.82) is 0 Å². The molecule has 0 spiro atoms. The molecule has 0 bridgehead atoms. The molecular formula is C21H34FNO2. The second-order valence-electron chi connectivity index (χ2n) is 9.93. The maximum absolute atomic E-state index is 14.2. The van der Waals surface area contributed by atoms with Crippen LogP contribution in [-0.2, 0) is 0 Å². The molecule has 0 amide bonds. The van der Waals surface area contributed by atoms with E-state index in [-0.39, 0.29) is 40.5 Å². The average molecular weight is 352 g/mol. The summed E-state index contributed by atoms with van der Waals surface area (Å²) in [5, 5.41) is 22.1. The fourth-order valence-electron chi connectivity index (χ4n) is 7.67. The number of halogens is 1. The lowest BCUT2D eigenvalue weighted by Crippen LogP contribution is -2.64.